The number of methoxy groups -OCH3 is 1. The van der Waals surface area contributed by atoms with Gasteiger partial charge < -0.3 is 4.74 Å². The molecule has 0 radical (unpaired) electrons. The van der Waals surface area contributed by atoms with Crippen molar-refractivity contribution in [3.05, 3.63) is 88.6 Å². The molecule has 4 rings (SSSR count). The smallest absolute Gasteiger partial charge is 0.271 e. The maximum atomic E-state index is 13.3. The fourth-order valence-electron chi connectivity index (χ4n) is 3.81. The lowest BCUT2D eigenvalue weighted by molar-refractivity contribution is -0.141. The lowest BCUT2D eigenvalue weighted by Gasteiger charge is -2.27. The molecular weight excluding hydrogens is 428 g/mol. The summed E-state index contributed by atoms with van der Waals surface area (Å²) in [6.07, 6.45) is 3.56. The van der Waals surface area contributed by atoms with E-state index in [0.717, 1.165) is 21.7 Å². The molecule has 1 aliphatic heterocycles. The van der Waals surface area contributed by atoms with Gasteiger partial charge in [-0.15, -0.1) is 0 Å². The third-order valence-electron chi connectivity index (χ3n) is 5.73. The van der Waals surface area contributed by atoms with Gasteiger partial charge in [-0.05, 0) is 37.6 Å². The average molecular weight is 453 g/mol. The number of para-hydroxylation sites is 1. The lowest BCUT2D eigenvalue weighted by Crippen LogP contribution is -2.44. The quantitative estimate of drug-likeness (QED) is 0.415. The minimum atomic E-state index is -0.599. The van der Waals surface area contributed by atoms with Crippen molar-refractivity contribution in [1.29, 1.82) is 5.26 Å². The van der Waals surface area contributed by atoms with Gasteiger partial charge in [0.25, 0.3) is 11.8 Å². The molecule has 0 N–H and O–H groups in total. The van der Waals surface area contributed by atoms with E-state index in [4.69, 9.17) is 9.84 Å². The molecule has 0 aliphatic carbocycles. The predicted octanol–water partition coefficient (Wildman–Crippen LogP) is 4.09. The summed E-state index contributed by atoms with van der Waals surface area (Å²) < 4.78 is 6.81. The summed E-state index contributed by atoms with van der Waals surface area (Å²) in [4.78, 5) is 27.1. The number of hydrogen-bond donors (Lipinski definition) is 0. The van der Waals surface area contributed by atoms with E-state index in [0.29, 0.717) is 16.8 Å². The normalized spacial score (nSPS) is 15.2. The number of hydrogen-bond acceptors (Lipinski definition) is 5. The second kappa shape index (κ2) is 9.69. The molecule has 3 aromatic rings. The number of nitriles is 1. The van der Waals surface area contributed by atoms with Crippen LogP contribution >= 0.6 is 0 Å². The molecule has 2 amide bonds. The molecule has 2 heterocycles. The van der Waals surface area contributed by atoms with E-state index in [1.807, 2.05) is 73.8 Å². The Morgan fingerprint density at radius 3 is 2.38 bits per heavy atom. The van der Waals surface area contributed by atoms with Crippen molar-refractivity contribution >= 4 is 17.9 Å². The van der Waals surface area contributed by atoms with Crippen molar-refractivity contribution in [2.45, 2.75) is 13.8 Å². The number of carbonyl (C=O) groups excluding carboxylic acids is 2. The molecule has 0 bridgehead atoms. The molecule has 170 valence electrons. The summed E-state index contributed by atoms with van der Waals surface area (Å²) >= 11 is 0. The predicted molar refractivity (Wildman–Crippen MR) is 129 cm³/mol. The number of benzene rings is 2. The van der Waals surface area contributed by atoms with E-state index in [2.05, 4.69) is 0 Å². The van der Waals surface area contributed by atoms with Crippen LogP contribution < -0.4 is 0 Å². The van der Waals surface area contributed by atoms with Crippen LogP contribution in [0.1, 0.15) is 18.1 Å². The van der Waals surface area contributed by atoms with Crippen molar-refractivity contribution in [1.82, 2.24) is 14.7 Å². The fraction of sp³-hybridized carbons (Fsp3) is 0.185. The molecule has 7 heteroatoms. The standard InChI is InChI=1S/C27H24N4O3/c1-18-9-11-20(12-10-18)25-21(17-31(29-25)22-7-5-4-6-8-22)15-23-19(2)24(16-28)27(33)30(26(23)32)13-14-34-3/h4-12,15,17H,13-14H2,1-3H3. The molecule has 7 nitrogen and oxygen atoms in total. The summed E-state index contributed by atoms with van der Waals surface area (Å²) in [7, 11) is 1.49. The third-order valence-corrected chi connectivity index (χ3v) is 5.73. The van der Waals surface area contributed by atoms with Crippen LogP contribution in [0.5, 0.6) is 0 Å². The summed E-state index contributed by atoms with van der Waals surface area (Å²) in [5.41, 5.74) is 4.88. The van der Waals surface area contributed by atoms with Crippen LogP contribution in [0, 0.1) is 18.3 Å². The van der Waals surface area contributed by atoms with Gasteiger partial charge in [0.2, 0.25) is 0 Å². The minimum Gasteiger partial charge on any atom is -0.383 e. The van der Waals surface area contributed by atoms with Gasteiger partial charge in [-0.3, -0.25) is 14.5 Å². The Morgan fingerprint density at radius 1 is 1.03 bits per heavy atom. The zero-order valence-corrected chi connectivity index (χ0v) is 19.3. The average Bonchev–Trinajstić information content (AvgIpc) is 3.27. The first-order valence-corrected chi connectivity index (χ1v) is 10.8. The Balaban J connectivity index is 1.89. The van der Waals surface area contributed by atoms with Crippen molar-refractivity contribution < 1.29 is 14.3 Å². The fourth-order valence-corrected chi connectivity index (χ4v) is 3.81. The van der Waals surface area contributed by atoms with Crippen molar-refractivity contribution in [2.24, 2.45) is 0 Å². The monoisotopic (exact) mass is 452 g/mol. The number of rotatable bonds is 6. The Kier molecular flexibility index (Phi) is 6.53. The first kappa shape index (κ1) is 22.9. The molecule has 0 atom stereocenters. The highest BCUT2D eigenvalue weighted by Gasteiger charge is 2.35. The number of aryl methyl sites for hydroxylation is 1. The van der Waals surface area contributed by atoms with E-state index in [1.54, 1.807) is 17.7 Å². The van der Waals surface area contributed by atoms with Gasteiger partial charge in [0, 0.05) is 30.0 Å². The number of carbonyl (C=O) groups is 2. The maximum absolute atomic E-state index is 13.3. The van der Waals surface area contributed by atoms with Crippen LogP contribution in [0.25, 0.3) is 23.0 Å². The molecule has 0 saturated carbocycles. The van der Waals surface area contributed by atoms with Crippen molar-refractivity contribution in [3.63, 3.8) is 0 Å². The van der Waals surface area contributed by atoms with Gasteiger partial charge in [0.05, 0.1) is 24.5 Å². The minimum absolute atomic E-state index is 0.0470. The van der Waals surface area contributed by atoms with Crippen molar-refractivity contribution in [2.75, 3.05) is 20.3 Å². The molecule has 0 spiro atoms. The Morgan fingerprint density at radius 2 is 1.74 bits per heavy atom. The Hall–Kier alpha value is -4.28. The zero-order chi connectivity index (χ0) is 24.2. The molecule has 1 aliphatic rings. The summed E-state index contributed by atoms with van der Waals surface area (Å²) in [5, 5.41) is 14.4. The number of ether oxygens (including phenoxy) is 1. The summed E-state index contributed by atoms with van der Waals surface area (Å²) in [6, 6.07) is 19.6. The number of aromatic nitrogens is 2. The number of amides is 2. The SMILES string of the molecule is COCCN1C(=O)C(=Cc2cn(-c3ccccc3)nc2-c2ccc(C)cc2)C(C)=C(C#N)C1=O. The second-order valence-electron chi connectivity index (χ2n) is 8.00. The molecule has 0 fully saturated rings. The van der Waals surface area contributed by atoms with E-state index >= 15 is 0 Å². The lowest BCUT2D eigenvalue weighted by atomic mass is 9.93. The van der Waals surface area contributed by atoms with Crippen molar-refractivity contribution in [3.8, 4) is 23.0 Å². The third kappa shape index (κ3) is 4.32. The summed E-state index contributed by atoms with van der Waals surface area (Å²) in [5.74, 6) is -1.06. The van der Waals surface area contributed by atoms with Gasteiger partial charge in [0.15, 0.2) is 0 Å². The highest BCUT2D eigenvalue weighted by atomic mass is 16.5. The molecular formula is C27H24N4O3. The largest absolute Gasteiger partial charge is 0.383 e. The van der Waals surface area contributed by atoms with E-state index in [-0.39, 0.29) is 24.3 Å². The Labute approximate surface area is 198 Å². The molecule has 34 heavy (non-hydrogen) atoms. The van der Waals surface area contributed by atoms with Crippen LogP contribution in [0.4, 0.5) is 0 Å². The van der Waals surface area contributed by atoms with E-state index < -0.39 is 11.8 Å². The summed E-state index contributed by atoms with van der Waals surface area (Å²) in [6.45, 7) is 3.89. The highest BCUT2D eigenvalue weighted by molar-refractivity contribution is 6.19. The van der Waals surface area contributed by atoms with E-state index in [9.17, 15) is 14.9 Å². The van der Waals surface area contributed by atoms with Gasteiger partial charge in [-0.2, -0.15) is 10.4 Å². The van der Waals surface area contributed by atoms with E-state index in [1.165, 1.54) is 7.11 Å². The van der Waals surface area contributed by atoms with Gasteiger partial charge >= 0.3 is 0 Å². The zero-order valence-electron chi connectivity index (χ0n) is 19.3. The van der Waals surface area contributed by atoms with Crippen LogP contribution in [0.2, 0.25) is 0 Å². The Bertz CT molecular complexity index is 1340. The van der Waals surface area contributed by atoms with Crippen LogP contribution in [-0.2, 0) is 14.3 Å². The molecule has 1 aromatic heterocycles. The van der Waals surface area contributed by atoms with Crippen LogP contribution in [0.3, 0.4) is 0 Å². The first-order valence-electron chi connectivity index (χ1n) is 10.8. The highest BCUT2D eigenvalue weighted by Crippen LogP contribution is 2.31. The van der Waals surface area contributed by atoms with Gasteiger partial charge in [-0.1, -0.05) is 48.0 Å². The number of imide groups is 1. The van der Waals surface area contributed by atoms with Gasteiger partial charge in [-0.25, -0.2) is 4.68 Å². The van der Waals surface area contributed by atoms with Crippen LogP contribution in [-0.4, -0.2) is 46.8 Å². The number of nitrogens with zero attached hydrogens (tertiary/aromatic N) is 4. The second-order valence-corrected chi connectivity index (χ2v) is 8.00. The molecule has 0 unspecified atom stereocenters. The topological polar surface area (TPSA) is 88.2 Å². The molecule has 0 saturated heterocycles. The van der Waals surface area contributed by atoms with Gasteiger partial charge in [0.1, 0.15) is 11.6 Å². The molecule has 2 aromatic carbocycles. The first-order chi connectivity index (χ1) is 16.4. The maximum Gasteiger partial charge on any atom is 0.271 e. The van der Waals surface area contributed by atoms with Crippen LogP contribution in [0.15, 0.2) is 77.5 Å².